The SMILES string of the molecule is CC(C)(CC1CC1)CC1CC(C(C)(C)C)CCO1. The normalized spacial score (nSPS) is 30.5. The lowest BCUT2D eigenvalue weighted by molar-refractivity contribution is -0.0542. The zero-order valence-electron chi connectivity index (χ0n) is 13.1. The molecular weight excluding hydrogens is 220 g/mol. The highest BCUT2D eigenvalue weighted by Gasteiger charge is 2.36. The van der Waals surface area contributed by atoms with Gasteiger partial charge in [0.1, 0.15) is 0 Å². The van der Waals surface area contributed by atoms with E-state index in [1.807, 2.05) is 0 Å². The van der Waals surface area contributed by atoms with Gasteiger partial charge in [0.15, 0.2) is 0 Å². The van der Waals surface area contributed by atoms with Gasteiger partial charge in [-0.2, -0.15) is 0 Å². The van der Waals surface area contributed by atoms with Crippen LogP contribution in [0.2, 0.25) is 0 Å². The van der Waals surface area contributed by atoms with E-state index in [1.54, 1.807) is 0 Å². The van der Waals surface area contributed by atoms with Gasteiger partial charge in [-0.15, -0.1) is 0 Å². The minimum Gasteiger partial charge on any atom is -0.378 e. The summed E-state index contributed by atoms with van der Waals surface area (Å²) in [7, 11) is 0. The first-order chi connectivity index (χ1) is 8.26. The van der Waals surface area contributed by atoms with Crippen molar-refractivity contribution in [2.45, 2.75) is 79.2 Å². The van der Waals surface area contributed by atoms with Gasteiger partial charge in [0.2, 0.25) is 0 Å². The predicted molar refractivity (Wildman–Crippen MR) is 77.7 cm³/mol. The van der Waals surface area contributed by atoms with Crippen molar-refractivity contribution in [1.82, 2.24) is 0 Å². The standard InChI is InChI=1S/C17H32O/c1-16(2,3)14-8-9-18-15(10-14)12-17(4,5)11-13-6-7-13/h13-15H,6-12H2,1-5H3. The van der Waals surface area contributed by atoms with E-state index in [2.05, 4.69) is 34.6 Å². The molecule has 0 aromatic carbocycles. The van der Waals surface area contributed by atoms with E-state index in [4.69, 9.17) is 4.74 Å². The van der Waals surface area contributed by atoms with Gasteiger partial charge in [0.05, 0.1) is 6.10 Å². The number of hydrogen-bond donors (Lipinski definition) is 0. The van der Waals surface area contributed by atoms with Crippen molar-refractivity contribution in [3.8, 4) is 0 Å². The minimum absolute atomic E-state index is 0.447. The Labute approximate surface area is 114 Å². The zero-order valence-corrected chi connectivity index (χ0v) is 13.1. The number of rotatable bonds is 4. The summed E-state index contributed by atoms with van der Waals surface area (Å²) in [6.45, 7) is 13.0. The molecule has 1 saturated heterocycles. The molecule has 2 aliphatic rings. The molecule has 0 aromatic heterocycles. The van der Waals surface area contributed by atoms with Crippen LogP contribution in [0.25, 0.3) is 0 Å². The lowest BCUT2D eigenvalue weighted by Gasteiger charge is -2.40. The van der Waals surface area contributed by atoms with Crippen molar-refractivity contribution in [3.05, 3.63) is 0 Å². The first kappa shape index (κ1) is 14.4. The van der Waals surface area contributed by atoms with Gasteiger partial charge in [0, 0.05) is 6.61 Å². The topological polar surface area (TPSA) is 9.23 Å². The van der Waals surface area contributed by atoms with Crippen LogP contribution >= 0.6 is 0 Å². The molecule has 2 unspecified atom stereocenters. The van der Waals surface area contributed by atoms with E-state index in [0.717, 1.165) is 18.4 Å². The second-order valence-corrected chi connectivity index (χ2v) is 8.60. The third kappa shape index (κ3) is 4.26. The molecule has 0 aromatic rings. The molecule has 0 bridgehead atoms. The Bertz CT molecular complexity index is 270. The molecule has 0 spiro atoms. The molecule has 1 nitrogen and oxygen atoms in total. The fraction of sp³-hybridized carbons (Fsp3) is 1.00. The van der Waals surface area contributed by atoms with Crippen LogP contribution in [0.4, 0.5) is 0 Å². The van der Waals surface area contributed by atoms with Crippen LogP contribution in [0.1, 0.15) is 73.1 Å². The summed E-state index contributed by atoms with van der Waals surface area (Å²) >= 11 is 0. The molecule has 1 saturated carbocycles. The minimum atomic E-state index is 0.447. The van der Waals surface area contributed by atoms with E-state index in [9.17, 15) is 0 Å². The lowest BCUT2D eigenvalue weighted by atomic mass is 9.72. The molecule has 2 fully saturated rings. The highest BCUT2D eigenvalue weighted by Crippen LogP contribution is 2.44. The molecule has 0 amide bonds. The van der Waals surface area contributed by atoms with E-state index in [1.165, 1.54) is 38.5 Å². The van der Waals surface area contributed by atoms with E-state index < -0.39 is 0 Å². The third-order valence-corrected chi connectivity index (χ3v) is 4.91. The summed E-state index contributed by atoms with van der Waals surface area (Å²) in [5, 5.41) is 0. The average molecular weight is 252 g/mol. The second kappa shape index (κ2) is 5.15. The summed E-state index contributed by atoms with van der Waals surface area (Å²) in [6, 6.07) is 0. The maximum Gasteiger partial charge on any atom is 0.0583 e. The lowest BCUT2D eigenvalue weighted by Crippen LogP contribution is -2.35. The van der Waals surface area contributed by atoms with Gasteiger partial charge in [-0.25, -0.2) is 0 Å². The van der Waals surface area contributed by atoms with Crippen LogP contribution in [0.3, 0.4) is 0 Å². The van der Waals surface area contributed by atoms with Gasteiger partial charge >= 0.3 is 0 Å². The third-order valence-electron chi connectivity index (χ3n) is 4.91. The van der Waals surface area contributed by atoms with Gasteiger partial charge in [0.25, 0.3) is 0 Å². The molecule has 106 valence electrons. The summed E-state index contributed by atoms with van der Waals surface area (Å²) < 4.78 is 6.04. The fourth-order valence-electron chi connectivity index (χ4n) is 3.61. The van der Waals surface area contributed by atoms with Crippen molar-refractivity contribution in [2.75, 3.05) is 6.61 Å². The highest BCUT2D eigenvalue weighted by atomic mass is 16.5. The smallest absolute Gasteiger partial charge is 0.0583 e. The Morgan fingerprint density at radius 2 is 1.61 bits per heavy atom. The molecule has 2 atom stereocenters. The van der Waals surface area contributed by atoms with Crippen LogP contribution in [-0.2, 0) is 4.74 Å². The first-order valence-corrected chi connectivity index (χ1v) is 7.88. The molecular formula is C17H32O. The Morgan fingerprint density at radius 1 is 0.944 bits per heavy atom. The zero-order chi connectivity index (χ0) is 13.4. The highest BCUT2D eigenvalue weighted by molar-refractivity contribution is 4.86. The van der Waals surface area contributed by atoms with E-state index in [0.29, 0.717) is 16.9 Å². The quantitative estimate of drug-likeness (QED) is 0.680. The van der Waals surface area contributed by atoms with Gasteiger partial charge in [-0.1, -0.05) is 47.5 Å². The van der Waals surface area contributed by atoms with Crippen LogP contribution in [0.5, 0.6) is 0 Å². The molecule has 0 radical (unpaired) electrons. The van der Waals surface area contributed by atoms with Crippen LogP contribution in [-0.4, -0.2) is 12.7 Å². The van der Waals surface area contributed by atoms with Crippen LogP contribution < -0.4 is 0 Å². The Kier molecular flexibility index (Phi) is 4.11. The Hall–Kier alpha value is -0.0400. The predicted octanol–water partition coefficient (Wildman–Crippen LogP) is 5.04. The summed E-state index contributed by atoms with van der Waals surface area (Å²) in [6.07, 6.45) is 8.65. The summed E-state index contributed by atoms with van der Waals surface area (Å²) in [5.74, 6) is 1.87. The Morgan fingerprint density at radius 3 is 2.17 bits per heavy atom. The Balaban J connectivity index is 1.84. The van der Waals surface area contributed by atoms with Crippen molar-refractivity contribution in [1.29, 1.82) is 0 Å². The van der Waals surface area contributed by atoms with Crippen LogP contribution in [0, 0.1) is 22.7 Å². The first-order valence-electron chi connectivity index (χ1n) is 7.88. The molecule has 1 aliphatic carbocycles. The van der Waals surface area contributed by atoms with Crippen LogP contribution in [0.15, 0.2) is 0 Å². The summed E-state index contributed by atoms with van der Waals surface area (Å²) in [5.41, 5.74) is 0.925. The fourth-order valence-corrected chi connectivity index (χ4v) is 3.61. The van der Waals surface area contributed by atoms with Crippen molar-refractivity contribution < 1.29 is 4.74 Å². The van der Waals surface area contributed by atoms with E-state index in [-0.39, 0.29) is 0 Å². The van der Waals surface area contributed by atoms with Gasteiger partial charge < -0.3 is 4.74 Å². The monoisotopic (exact) mass is 252 g/mol. The van der Waals surface area contributed by atoms with Crippen molar-refractivity contribution in [2.24, 2.45) is 22.7 Å². The average Bonchev–Trinajstić information content (AvgIpc) is 2.99. The molecule has 2 rings (SSSR count). The second-order valence-electron chi connectivity index (χ2n) is 8.60. The van der Waals surface area contributed by atoms with Gasteiger partial charge in [-0.3, -0.25) is 0 Å². The summed E-state index contributed by atoms with van der Waals surface area (Å²) in [4.78, 5) is 0. The molecule has 1 heterocycles. The maximum atomic E-state index is 6.04. The number of ether oxygens (including phenoxy) is 1. The molecule has 1 heteroatoms. The van der Waals surface area contributed by atoms with Crippen molar-refractivity contribution >= 4 is 0 Å². The van der Waals surface area contributed by atoms with E-state index >= 15 is 0 Å². The molecule has 18 heavy (non-hydrogen) atoms. The van der Waals surface area contributed by atoms with Crippen molar-refractivity contribution in [3.63, 3.8) is 0 Å². The maximum absolute atomic E-state index is 6.04. The largest absolute Gasteiger partial charge is 0.378 e. The molecule has 0 N–H and O–H groups in total. The van der Waals surface area contributed by atoms with Gasteiger partial charge in [-0.05, 0) is 48.3 Å². The molecule has 1 aliphatic heterocycles. The number of hydrogen-bond acceptors (Lipinski definition) is 1.